The van der Waals surface area contributed by atoms with E-state index in [1.807, 2.05) is 0 Å². The van der Waals surface area contributed by atoms with E-state index in [9.17, 15) is 43.2 Å². The standard InChI is InChI=1S/C74H144O17P2/c1-8-10-11-12-13-14-15-16-17-18-19-20-21-28-35-43-50-57-73(78)90-69(61-84-71(76)55-48-41-34-27-23-22-26-33-40-47-54-67(7)9-2)63-88-92(80,81)86-59-68(75)60-87-93(82,83)89-64-70(62-85-72(77)56-49-42-37-30-32-39-46-53-66(5)6)91-74(79)58-51-44-36-29-24-25-31-38-45-52-65(3)4/h65-70,75H,8-64H2,1-7H3,(H,80,81)(H,82,83)/t67?,68-,69-,70-/m1/s1. The number of unbranched alkanes of at least 4 members (excludes halogenated alkanes) is 39. The Morgan fingerprint density at radius 3 is 0.817 bits per heavy atom. The molecule has 17 nitrogen and oxygen atoms in total. The molecule has 19 heteroatoms. The van der Waals surface area contributed by atoms with Crippen LogP contribution in [0.5, 0.6) is 0 Å². The van der Waals surface area contributed by atoms with Crippen LogP contribution in [0.4, 0.5) is 0 Å². The molecule has 0 aromatic heterocycles. The number of ether oxygens (including phenoxy) is 4. The second-order valence-corrected chi connectivity index (χ2v) is 30.8. The van der Waals surface area contributed by atoms with Crippen LogP contribution in [0.3, 0.4) is 0 Å². The van der Waals surface area contributed by atoms with Crippen molar-refractivity contribution in [2.24, 2.45) is 17.8 Å². The van der Waals surface area contributed by atoms with Crippen molar-refractivity contribution in [3.8, 4) is 0 Å². The molecule has 3 unspecified atom stereocenters. The molecule has 0 saturated carbocycles. The van der Waals surface area contributed by atoms with E-state index < -0.39 is 97.5 Å². The van der Waals surface area contributed by atoms with Crippen molar-refractivity contribution in [1.29, 1.82) is 0 Å². The number of phosphoric acid groups is 2. The molecule has 6 atom stereocenters. The normalized spacial score (nSPS) is 14.4. The quantitative estimate of drug-likeness (QED) is 0.0222. The molecular weight excluding hydrogens is 1220 g/mol. The predicted molar refractivity (Wildman–Crippen MR) is 377 cm³/mol. The summed E-state index contributed by atoms with van der Waals surface area (Å²) in [5.41, 5.74) is 0. The van der Waals surface area contributed by atoms with E-state index in [2.05, 4.69) is 48.5 Å². The van der Waals surface area contributed by atoms with Crippen LogP contribution in [0, 0.1) is 17.8 Å². The smallest absolute Gasteiger partial charge is 0.462 e. The molecule has 0 bridgehead atoms. The first kappa shape index (κ1) is 91.1. The molecule has 0 aromatic rings. The van der Waals surface area contributed by atoms with Crippen LogP contribution >= 0.6 is 15.6 Å². The van der Waals surface area contributed by atoms with Gasteiger partial charge in [-0.1, -0.05) is 325 Å². The van der Waals surface area contributed by atoms with Crippen molar-refractivity contribution in [1.82, 2.24) is 0 Å². The van der Waals surface area contributed by atoms with E-state index in [1.165, 1.54) is 180 Å². The monoisotopic (exact) mass is 1370 g/mol. The highest BCUT2D eigenvalue weighted by Crippen LogP contribution is 2.45. The van der Waals surface area contributed by atoms with Gasteiger partial charge in [0.15, 0.2) is 12.2 Å². The summed E-state index contributed by atoms with van der Waals surface area (Å²) in [6.45, 7) is 11.8. The van der Waals surface area contributed by atoms with E-state index in [-0.39, 0.29) is 25.7 Å². The molecule has 93 heavy (non-hydrogen) atoms. The molecule has 0 aliphatic rings. The first-order valence-electron chi connectivity index (χ1n) is 38.4. The van der Waals surface area contributed by atoms with Crippen molar-refractivity contribution in [2.75, 3.05) is 39.6 Å². The summed E-state index contributed by atoms with van der Waals surface area (Å²) in [5, 5.41) is 10.6. The van der Waals surface area contributed by atoms with Gasteiger partial charge in [0.05, 0.1) is 26.4 Å². The first-order chi connectivity index (χ1) is 44.8. The predicted octanol–water partition coefficient (Wildman–Crippen LogP) is 21.4. The number of aliphatic hydroxyl groups is 1. The van der Waals surface area contributed by atoms with Crippen LogP contribution in [0.25, 0.3) is 0 Å². The minimum Gasteiger partial charge on any atom is -0.462 e. The Morgan fingerprint density at radius 1 is 0.312 bits per heavy atom. The Bertz CT molecular complexity index is 1820. The maximum Gasteiger partial charge on any atom is 0.472 e. The molecular formula is C74H144O17P2. The minimum absolute atomic E-state index is 0.104. The summed E-state index contributed by atoms with van der Waals surface area (Å²) in [5.74, 6) is 0.129. The molecule has 0 amide bonds. The average Bonchev–Trinajstić information content (AvgIpc) is 3.59. The number of aliphatic hydroxyl groups excluding tert-OH is 1. The lowest BCUT2D eigenvalue weighted by Crippen LogP contribution is -2.30. The Labute approximate surface area is 568 Å². The van der Waals surface area contributed by atoms with Gasteiger partial charge in [-0.25, -0.2) is 9.13 Å². The first-order valence-corrected chi connectivity index (χ1v) is 41.4. The van der Waals surface area contributed by atoms with Gasteiger partial charge in [0, 0.05) is 25.7 Å². The highest BCUT2D eigenvalue weighted by Gasteiger charge is 2.30. The van der Waals surface area contributed by atoms with Crippen molar-refractivity contribution in [3.05, 3.63) is 0 Å². The molecule has 3 N–H and O–H groups in total. The Kier molecular flexibility index (Phi) is 63.4. The number of phosphoric ester groups is 2. The topological polar surface area (TPSA) is 237 Å². The lowest BCUT2D eigenvalue weighted by molar-refractivity contribution is -0.161. The fourth-order valence-corrected chi connectivity index (χ4v) is 12.8. The van der Waals surface area contributed by atoms with Gasteiger partial charge in [-0.2, -0.15) is 0 Å². The third-order valence-corrected chi connectivity index (χ3v) is 19.4. The molecule has 0 saturated heterocycles. The summed E-state index contributed by atoms with van der Waals surface area (Å²) in [6, 6.07) is 0. The number of hydrogen-bond acceptors (Lipinski definition) is 15. The molecule has 0 aliphatic heterocycles. The summed E-state index contributed by atoms with van der Waals surface area (Å²) in [6.07, 6.45) is 50.0. The molecule has 0 radical (unpaired) electrons. The maximum absolute atomic E-state index is 13.1. The summed E-state index contributed by atoms with van der Waals surface area (Å²) in [4.78, 5) is 72.7. The van der Waals surface area contributed by atoms with Gasteiger partial charge in [0.1, 0.15) is 19.3 Å². The van der Waals surface area contributed by atoms with Crippen LogP contribution in [0.2, 0.25) is 0 Å². The van der Waals surface area contributed by atoms with Crippen molar-refractivity contribution in [3.63, 3.8) is 0 Å². The Balaban J connectivity index is 5.25. The molecule has 552 valence electrons. The second kappa shape index (κ2) is 64.7. The number of esters is 4. The van der Waals surface area contributed by atoms with Crippen LogP contribution in [-0.4, -0.2) is 96.7 Å². The lowest BCUT2D eigenvalue weighted by atomic mass is 9.99. The van der Waals surface area contributed by atoms with Gasteiger partial charge < -0.3 is 33.8 Å². The third-order valence-electron chi connectivity index (χ3n) is 17.5. The minimum atomic E-state index is -4.96. The Morgan fingerprint density at radius 2 is 0.548 bits per heavy atom. The van der Waals surface area contributed by atoms with Crippen LogP contribution in [-0.2, 0) is 65.4 Å². The highest BCUT2D eigenvalue weighted by molar-refractivity contribution is 7.47. The largest absolute Gasteiger partial charge is 0.472 e. The lowest BCUT2D eigenvalue weighted by Gasteiger charge is -2.21. The van der Waals surface area contributed by atoms with E-state index in [0.29, 0.717) is 31.6 Å². The zero-order valence-corrected chi connectivity index (χ0v) is 62.5. The summed E-state index contributed by atoms with van der Waals surface area (Å²) < 4.78 is 68.4. The SMILES string of the molecule is CCCCCCCCCCCCCCCCCCCC(=O)O[C@H](COC(=O)CCCCCCCCCCCCC(C)CC)COP(=O)(O)OC[C@@H](O)COP(=O)(O)OC[C@@H](COC(=O)CCCCCCCCCC(C)C)OC(=O)CCCCCCCCCCCC(C)C. The van der Waals surface area contributed by atoms with E-state index in [1.54, 1.807) is 0 Å². The molecule has 0 heterocycles. The molecule has 0 rings (SSSR count). The fourth-order valence-electron chi connectivity index (χ4n) is 11.2. The van der Waals surface area contributed by atoms with Crippen molar-refractivity contribution >= 4 is 39.5 Å². The third kappa shape index (κ3) is 67.0. The van der Waals surface area contributed by atoms with Gasteiger partial charge in [0.25, 0.3) is 0 Å². The van der Waals surface area contributed by atoms with E-state index >= 15 is 0 Å². The Hall–Kier alpha value is -1.94. The van der Waals surface area contributed by atoms with Crippen molar-refractivity contribution < 1.29 is 80.2 Å². The zero-order chi connectivity index (χ0) is 68.7. The van der Waals surface area contributed by atoms with Crippen molar-refractivity contribution in [2.45, 2.75) is 394 Å². The number of carbonyl (C=O) groups excluding carboxylic acids is 4. The van der Waals surface area contributed by atoms with Gasteiger partial charge >= 0.3 is 39.5 Å². The summed E-state index contributed by atoms with van der Waals surface area (Å²) >= 11 is 0. The summed E-state index contributed by atoms with van der Waals surface area (Å²) in [7, 11) is -9.91. The van der Waals surface area contributed by atoms with Gasteiger partial charge in [-0.3, -0.25) is 37.3 Å². The highest BCUT2D eigenvalue weighted by atomic mass is 31.2. The number of carbonyl (C=O) groups is 4. The molecule has 0 spiro atoms. The van der Waals surface area contributed by atoms with Gasteiger partial charge in [-0.15, -0.1) is 0 Å². The van der Waals surface area contributed by atoms with Crippen LogP contribution in [0.15, 0.2) is 0 Å². The molecule has 0 aliphatic carbocycles. The maximum atomic E-state index is 13.1. The van der Waals surface area contributed by atoms with Crippen LogP contribution < -0.4 is 0 Å². The second-order valence-electron chi connectivity index (χ2n) is 27.9. The average molecular weight is 1370 g/mol. The number of rotatable bonds is 72. The molecule has 0 fully saturated rings. The van der Waals surface area contributed by atoms with E-state index in [4.69, 9.17) is 37.0 Å². The molecule has 0 aromatic carbocycles. The fraction of sp³-hybridized carbons (Fsp3) is 0.946. The van der Waals surface area contributed by atoms with E-state index in [0.717, 1.165) is 108 Å². The zero-order valence-electron chi connectivity index (χ0n) is 60.7. The number of hydrogen-bond donors (Lipinski definition) is 3. The van der Waals surface area contributed by atoms with Gasteiger partial charge in [-0.05, 0) is 43.4 Å². The van der Waals surface area contributed by atoms with Gasteiger partial charge in [0.2, 0.25) is 0 Å². The van der Waals surface area contributed by atoms with Crippen LogP contribution in [0.1, 0.15) is 376 Å².